The Kier molecular flexibility index (Phi) is 4.63. The molecular weight excluding hydrogens is 313 g/mol. The Labute approximate surface area is 129 Å². The number of carbonyl (C=O) groups is 3. The molecule has 0 aliphatic carbocycles. The monoisotopic (exact) mass is 327 g/mol. The Balaban J connectivity index is 2.17. The van der Waals surface area contributed by atoms with Crippen LogP contribution in [0.25, 0.3) is 0 Å². The van der Waals surface area contributed by atoms with Crippen LogP contribution in [0.2, 0.25) is 0 Å². The molecule has 2 N–H and O–H groups in total. The zero-order valence-corrected chi connectivity index (χ0v) is 12.3. The summed E-state index contributed by atoms with van der Waals surface area (Å²) >= 11 is 0. The van der Waals surface area contributed by atoms with Crippen molar-refractivity contribution in [2.45, 2.75) is 25.7 Å². The average Bonchev–Trinajstić information content (AvgIpc) is 2.89. The third-order valence-corrected chi connectivity index (χ3v) is 2.86. The number of urea groups is 1. The van der Waals surface area contributed by atoms with E-state index in [2.05, 4.69) is 9.89 Å². The van der Waals surface area contributed by atoms with E-state index in [1.54, 1.807) is 24.4 Å². The van der Waals surface area contributed by atoms with Crippen LogP contribution in [0.15, 0.2) is 21.7 Å². The molecule has 3 amide bonds. The number of hydrogen-bond donors (Lipinski definition) is 2. The van der Waals surface area contributed by atoms with Crippen molar-refractivity contribution < 1.29 is 32.8 Å². The molecule has 1 aromatic heterocycles. The molecule has 9 nitrogen and oxygen atoms in total. The Morgan fingerprint density at radius 1 is 1.52 bits per heavy atom. The number of oxime groups is 1. The summed E-state index contributed by atoms with van der Waals surface area (Å²) in [6.07, 6.45) is -0.882. The molecule has 1 aliphatic rings. The minimum atomic E-state index is -3.26. The lowest BCUT2D eigenvalue weighted by atomic mass is 10.0. The van der Waals surface area contributed by atoms with Crippen LogP contribution in [-0.2, 0) is 19.2 Å². The molecule has 1 saturated heterocycles. The quantitative estimate of drug-likeness (QED) is 0.349. The first-order chi connectivity index (χ1) is 10.9. The van der Waals surface area contributed by atoms with E-state index in [1.807, 2.05) is 5.32 Å². The maximum atomic E-state index is 14.8. The van der Waals surface area contributed by atoms with Gasteiger partial charge in [-0.05, 0) is 26.0 Å². The first-order valence-electron chi connectivity index (χ1n) is 6.61. The van der Waals surface area contributed by atoms with Gasteiger partial charge in [0.25, 0.3) is 12.1 Å². The number of halogens is 1. The molecule has 0 aromatic carbocycles. The molecular formula is C13H14FN3O6. The fraction of sp³-hybridized carbons (Fsp3) is 0.385. The number of furan rings is 1. The highest BCUT2D eigenvalue weighted by Crippen LogP contribution is 2.23. The van der Waals surface area contributed by atoms with E-state index in [0.717, 1.165) is 6.21 Å². The van der Waals surface area contributed by atoms with Crippen LogP contribution in [-0.4, -0.2) is 42.6 Å². The number of imide groups is 1. The van der Waals surface area contributed by atoms with Gasteiger partial charge < -0.3 is 14.0 Å². The summed E-state index contributed by atoms with van der Waals surface area (Å²) in [5, 5.41) is 7.01. The number of aryl methyl sites for hydroxylation is 1. The number of rotatable bonds is 5. The van der Waals surface area contributed by atoms with Gasteiger partial charge in [-0.15, -0.1) is 0 Å². The van der Waals surface area contributed by atoms with Gasteiger partial charge in [0.05, 0.1) is 6.61 Å². The zero-order valence-electron chi connectivity index (χ0n) is 12.3. The maximum absolute atomic E-state index is 14.8. The van der Waals surface area contributed by atoms with Crippen molar-refractivity contribution in [2.24, 2.45) is 5.16 Å². The number of esters is 1. The Bertz CT molecular complexity index is 658. The van der Waals surface area contributed by atoms with Gasteiger partial charge in [-0.3, -0.25) is 15.4 Å². The molecule has 2 atom stereocenters. The number of ether oxygens (including phenoxy) is 1. The molecule has 10 heteroatoms. The highest BCUT2D eigenvalue weighted by molar-refractivity contribution is 6.14. The lowest BCUT2D eigenvalue weighted by Gasteiger charge is -2.32. The van der Waals surface area contributed by atoms with Crippen LogP contribution >= 0.6 is 0 Å². The summed E-state index contributed by atoms with van der Waals surface area (Å²) in [6, 6.07) is 2.21. The molecule has 2 unspecified atom stereocenters. The van der Waals surface area contributed by atoms with Crippen molar-refractivity contribution in [3.8, 4) is 0 Å². The fourth-order valence-corrected chi connectivity index (χ4v) is 1.77. The molecule has 0 saturated carbocycles. The molecule has 0 spiro atoms. The van der Waals surface area contributed by atoms with Crippen molar-refractivity contribution in [3.63, 3.8) is 0 Å². The van der Waals surface area contributed by atoms with Crippen molar-refractivity contribution in [1.29, 1.82) is 0 Å². The average molecular weight is 327 g/mol. The van der Waals surface area contributed by atoms with Crippen LogP contribution in [0.3, 0.4) is 0 Å². The number of nitrogens with zero attached hydrogens (tertiary/aromatic N) is 1. The highest BCUT2D eigenvalue weighted by Gasteiger charge is 2.61. The van der Waals surface area contributed by atoms with Crippen LogP contribution < -0.4 is 10.6 Å². The first kappa shape index (κ1) is 16.5. The van der Waals surface area contributed by atoms with E-state index in [1.165, 1.54) is 6.92 Å². The SMILES string of the molecule is CCOC(=O)C1(F)C(=O)NC(=O)NC1ON=Cc1ccc(C)o1. The van der Waals surface area contributed by atoms with E-state index in [-0.39, 0.29) is 6.61 Å². The number of carbonyl (C=O) groups excluding carboxylic acids is 3. The largest absolute Gasteiger partial charge is 0.463 e. The molecule has 1 aliphatic heterocycles. The summed E-state index contributed by atoms with van der Waals surface area (Å²) in [7, 11) is 0. The normalized spacial score (nSPS) is 24.2. The third kappa shape index (κ3) is 3.30. The highest BCUT2D eigenvalue weighted by atomic mass is 19.1. The fourth-order valence-electron chi connectivity index (χ4n) is 1.77. The van der Waals surface area contributed by atoms with Gasteiger partial charge in [-0.2, -0.15) is 0 Å². The summed E-state index contributed by atoms with van der Waals surface area (Å²) in [5.74, 6) is -2.07. The molecule has 2 heterocycles. The smallest absolute Gasteiger partial charge is 0.360 e. The van der Waals surface area contributed by atoms with E-state index in [9.17, 15) is 18.8 Å². The molecule has 1 fully saturated rings. The number of amides is 3. The Morgan fingerprint density at radius 2 is 2.26 bits per heavy atom. The van der Waals surface area contributed by atoms with E-state index < -0.39 is 29.8 Å². The predicted molar refractivity (Wildman–Crippen MR) is 73.1 cm³/mol. The summed E-state index contributed by atoms with van der Waals surface area (Å²) in [4.78, 5) is 39.5. The van der Waals surface area contributed by atoms with Gasteiger partial charge in [-0.1, -0.05) is 5.16 Å². The minimum absolute atomic E-state index is 0.159. The molecule has 124 valence electrons. The Morgan fingerprint density at radius 3 is 2.87 bits per heavy atom. The molecule has 23 heavy (non-hydrogen) atoms. The van der Waals surface area contributed by atoms with Gasteiger partial charge in [0.2, 0.25) is 0 Å². The Hall–Kier alpha value is -2.91. The number of alkyl halides is 1. The van der Waals surface area contributed by atoms with Gasteiger partial charge in [0.1, 0.15) is 17.7 Å². The second-order valence-corrected chi connectivity index (χ2v) is 4.53. The van der Waals surface area contributed by atoms with Gasteiger partial charge >= 0.3 is 17.7 Å². The molecule has 0 bridgehead atoms. The molecule has 0 radical (unpaired) electrons. The second kappa shape index (κ2) is 6.46. The molecule has 2 rings (SSSR count). The van der Waals surface area contributed by atoms with Crippen molar-refractivity contribution in [1.82, 2.24) is 10.6 Å². The third-order valence-electron chi connectivity index (χ3n) is 2.86. The zero-order chi connectivity index (χ0) is 17.0. The van der Waals surface area contributed by atoms with Gasteiger partial charge in [-0.25, -0.2) is 14.0 Å². The second-order valence-electron chi connectivity index (χ2n) is 4.53. The summed E-state index contributed by atoms with van der Waals surface area (Å²) < 4.78 is 24.5. The summed E-state index contributed by atoms with van der Waals surface area (Å²) in [6.45, 7) is 2.98. The van der Waals surface area contributed by atoms with E-state index in [0.29, 0.717) is 11.5 Å². The maximum Gasteiger partial charge on any atom is 0.360 e. The van der Waals surface area contributed by atoms with Crippen LogP contribution in [0.4, 0.5) is 9.18 Å². The van der Waals surface area contributed by atoms with Gasteiger partial charge in [0, 0.05) is 0 Å². The van der Waals surface area contributed by atoms with Crippen molar-refractivity contribution in [3.05, 3.63) is 23.7 Å². The van der Waals surface area contributed by atoms with Crippen molar-refractivity contribution >= 4 is 24.1 Å². The minimum Gasteiger partial charge on any atom is -0.463 e. The lowest BCUT2D eigenvalue weighted by molar-refractivity contribution is -0.179. The first-order valence-corrected chi connectivity index (χ1v) is 6.61. The number of nitrogens with one attached hydrogen (secondary N) is 2. The standard InChI is InChI=1S/C13H14FN3O6/c1-3-21-11(19)13(14)9(18)16-12(20)17-10(13)23-15-6-8-5-4-7(2)22-8/h4-6,10H,3H2,1-2H3,(H2,16,17,18,20). The predicted octanol–water partition coefficient (Wildman–Crippen LogP) is 0.375. The topological polar surface area (TPSA) is 119 Å². The van der Waals surface area contributed by atoms with Crippen LogP contribution in [0, 0.1) is 6.92 Å². The van der Waals surface area contributed by atoms with Crippen molar-refractivity contribution in [2.75, 3.05) is 6.61 Å². The number of hydrogen-bond acceptors (Lipinski definition) is 7. The van der Waals surface area contributed by atoms with Crippen LogP contribution in [0.5, 0.6) is 0 Å². The lowest BCUT2D eigenvalue weighted by Crippen LogP contribution is -2.70. The van der Waals surface area contributed by atoms with Gasteiger partial charge in [0.15, 0.2) is 0 Å². The van der Waals surface area contributed by atoms with E-state index in [4.69, 9.17) is 9.25 Å². The van der Waals surface area contributed by atoms with Crippen LogP contribution in [0.1, 0.15) is 18.4 Å². The van der Waals surface area contributed by atoms with E-state index >= 15 is 0 Å². The summed E-state index contributed by atoms with van der Waals surface area (Å²) in [5.41, 5.74) is -3.26. The molecule has 1 aromatic rings.